The average Bonchev–Trinajstić information content (AvgIpc) is 2.76. The Morgan fingerprint density at radius 1 is 1.18 bits per heavy atom. The van der Waals surface area contributed by atoms with Gasteiger partial charge in [-0.05, 0) is 35.7 Å². The van der Waals surface area contributed by atoms with Crippen LogP contribution in [-0.2, 0) is 22.3 Å². The molecule has 0 aliphatic heterocycles. The van der Waals surface area contributed by atoms with Crippen molar-refractivity contribution in [2.75, 3.05) is 20.4 Å². The van der Waals surface area contributed by atoms with Crippen molar-refractivity contribution in [3.05, 3.63) is 69.4 Å². The lowest BCUT2D eigenvalue weighted by Gasteiger charge is -2.17. The Hall–Kier alpha value is -3.60. The van der Waals surface area contributed by atoms with Crippen LogP contribution in [0.25, 0.3) is 11.0 Å². The number of carbonyl (C=O) groups excluding carboxylic acids is 2. The van der Waals surface area contributed by atoms with E-state index in [9.17, 15) is 28.4 Å². The van der Waals surface area contributed by atoms with Gasteiger partial charge in [0.1, 0.15) is 29.7 Å². The Morgan fingerprint density at radius 2 is 1.82 bits per heavy atom. The maximum absolute atomic E-state index is 13.2. The fraction of sp³-hybridized carbons (Fsp3) is 0.238. The summed E-state index contributed by atoms with van der Waals surface area (Å²) in [6, 6.07) is 7.27. The Bertz CT molecular complexity index is 1370. The van der Waals surface area contributed by atoms with E-state index < -0.39 is 54.9 Å². The molecule has 3 aromatic rings. The third-order valence-corrected chi connectivity index (χ3v) is 5.49. The van der Waals surface area contributed by atoms with Gasteiger partial charge in [-0.1, -0.05) is 12.1 Å². The van der Waals surface area contributed by atoms with Gasteiger partial charge in [-0.3, -0.25) is 28.5 Å². The number of aromatic nitrogens is 2. The van der Waals surface area contributed by atoms with Crippen molar-refractivity contribution < 1.29 is 33.4 Å². The van der Waals surface area contributed by atoms with Crippen LogP contribution in [0.3, 0.4) is 0 Å². The lowest BCUT2D eigenvalue weighted by molar-refractivity contribution is -0.129. The van der Waals surface area contributed by atoms with Crippen LogP contribution in [0.2, 0.25) is 0 Å². The Balaban J connectivity index is 2.15. The van der Waals surface area contributed by atoms with Crippen molar-refractivity contribution in [1.29, 1.82) is 0 Å². The van der Waals surface area contributed by atoms with Gasteiger partial charge in [0, 0.05) is 20.3 Å². The summed E-state index contributed by atoms with van der Waals surface area (Å²) in [5.74, 6) is -2.90. The van der Waals surface area contributed by atoms with Gasteiger partial charge in [0.05, 0.1) is 5.52 Å². The molecule has 180 valence electrons. The number of aromatic hydroxyl groups is 1. The number of amides is 2. The van der Waals surface area contributed by atoms with Gasteiger partial charge < -0.3 is 25.1 Å². The number of hydrogen-bond donors (Lipinski definition) is 4. The van der Waals surface area contributed by atoms with Crippen LogP contribution in [0.4, 0.5) is 4.39 Å². The van der Waals surface area contributed by atoms with E-state index in [1.54, 1.807) is 12.1 Å². The molecule has 3 rings (SSSR count). The molecule has 4 N–H and O–H groups in total. The van der Waals surface area contributed by atoms with Crippen molar-refractivity contribution in [2.45, 2.75) is 13.0 Å². The Kier molecular flexibility index (Phi) is 7.15. The van der Waals surface area contributed by atoms with Gasteiger partial charge >= 0.3 is 7.60 Å². The number of fused-ring (bicyclic) bond motifs is 1. The van der Waals surface area contributed by atoms with E-state index in [1.165, 1.54) is 43.4 Å². The standard InChI is InChI=1S/C21H22FN4O7P/c1-25(2)16(27)10-26-15-8-13(7-12-3-5-14(22)6-4-12)9-23-18(15)19(28)17(21(26)30)20(29)24-11-34(31,32)33/h3-6,8-9,28H,7,10-11H2,1-2H3,(H,24,29)(H2,31,32,33). The zero-order chi connectivity index (χ0) is 25.2. The highest BCUT2D eigenvalue weighted by molar-refractivity contribution is 7.51. The minimum atomic E-state index is -4.63. The van der Waals surface area contributed by atoms with Crippen molar-refractivity contribution >= 4 is 30.4 Å². The summed E-state index contributed by atoms with van der Waals surface area (Å²) in [6.45, 7) is -0.483. The number of benzene rings is 1. The van der Waals surface area contributed by atoms with E-state index in [0.717, 1.165) is 10.1 Å². The molecule has 2 amide bonds. The molecule has 0 radical (unpaired) electrons. The fourth-order valence-corrected chi connectivity index (χ4v) is 3.53. The van der Waals surface area contributed by atoms with Crippen molar-refractivity contribution in [1.82, 2.24) is 19.8 Å². The van der Waals surface area contributed by atoms with Crippen LogP contribution in [0.15, 0.2) is 41.3 Å². The minimum Gasteiger partial charge on any atom is -0.505 e. The number of pyridine rings is 2. The van der Waals surface area contributed by atoms with E-state index in [4.69, 9.17) is 9.79 Å². The van der Waals surface area contributed by atoms with Crippen molar-refractivity contribution in [3.63, 3.8) is 0 Å². The van der Waals surface area contributed by atoms with Crippen LogP contribution in [0.1, 0.15) is 21.5 Å². The summed E-state index contributed by atoms with van der Waals surface area (Å²) in [6.07, 6.45) is 0.652. The van der Waals surface area contributed by atoms with Crippen LogP contribution >= 0.6 is 7.60 Å². The van der Waals surface area contributed by atoms with Crippen LogP contribution < -0.4 is 10.9 Å². The van der Waals surface area contributed by atoms with Gasteiger partial charge in [-0.25, -0.2) is 4.39 Å². The molecule has 11 nitrogen and oxygen atoms in total. The van der Waals surface area contributed by atoms with Gasteiger partial charge in [-0.15, -0.1) is 0 Å². The van der Waals surface area contributed by atoms with E-state index in [0.29, 0.717) is 12.0 Å². The predicted octanol–water partition coefficient (Wildman–Crippen LogP) is 0.785. The predicted molar refractivity (Wildman–Crippen MR) is 120 cm³/mol. The topological polar surface area (TPSA) is 162 Å². The normalized spacial score (nSPS) is 11.4. The lowest BCUT2D eigenvalue weighted by atomic mass is 10.1. The van der Waals surface area contributed by atoms with Crippen molar-refractivity contribution in [2.24, 2.45) is 0 Å². The second-order valence-electron chi connectivity index (χ2n) is 7.75. The Labute approximate surface area is 192 Å². The molecule has 1 aromatic carbocycles. The molecular weight excluding hydrogens is 470 g/mol. The van der Waals surface area contributed by atoms with Crippen LogP contribution in [-0.4, -0.2) is 61.5 Å². The number of likely N-dealkylation sites (N-methyl/N-ethyl adjacent to an activating group) is 1. The van der Waals surface area contributed by atoms with Crippen molar-refractivity contribution in [3.8, 4) is 5.75 Å². The molecule has 0 bridgehead atoms. The maximum atomic E-state index is 13.2. The lowest BCUT2D eigenvalue weighted by Crippen LogP contribution is -2.37. The first-order valence-electron chi connectivity index (χ1n) is 9.89. The number of nitrogens with one attached hydrogen (secondary N) is 1. The molecule has 0 spiro atoms. The summed E-state index contributed by atoms with van der Waals surface area (Å²) < 4.78 is 25.3. The molecule has 0 saturated heterocycles. The van der Waals surface area contributed by atoms with E-state index in [1.807, 2.05) is 5.32 Å². The van der Waals surface area contributed by atoms with E-state index in [-0.39, 0.29) is 11.0 Å². The van der Waals surface area contributed by atoms with Gasteiger partial charge in [0.15, 0.2) is 5.75 Å². The molecule has 0 fully saturated rings. The number of rotatable bonds is 7. The number of carbonyl (C=O) groups is 2. The van der Waals surface area contributed by atoms with E-state index in [2.05, 4.69) is 4.98 Å². The molecule has 13 heteroatoms. The SMILES string of the molecule is CN(C)C(=O)Cn1c(=O)c(C(=O)NCP(=O)(O)O)c(O)c2ncc(Cc3ccc(F)cc3)cc21. The molecule has 34 heavy (non-hydrogen) atoms. The summed E-state index contributed by atoms with van der Waals surface area (Å²) in [4.78, 5) is 61.4. The number of hydrogen-bond acceptors (Lipinski definition) is 6. The molecular formula is C21H22FN4O7P. The summed E-state index contributed by atoms with van der Waals surface area (Å²) in [5.41, 5.74) is -0.587. The Morgan fingerprint density at radius 3 is 2.41 bits per heavy atom. The highest BCUT2D eigenvalue weighted by atomic mass is 31.2. The highest BCUT2D eigenvalue weighted by Crippen LogP contribution is 2.32. The smallest absolute Gasteiger partial charge is 0.344 e. The fourth-order valence-electron chi connectivity index (χ4n) is 3.18. The largest absolute Gasteiger partial charge is 0.505 e. The molecule has 0 unspecified atom stereocenters. The molecule has 0 aliphatic carbocycles. The third-order valence-electron chi connectivity index (χ3n) is 4.92. The number of nitrogens with zero attached hydrogens (tertiary/aromatic N) is 3. The second kappa shape index (κ2) is 9.72. The summed E-state index contributed by atoms with van der Waals surface area (Å²) >= 11 is 0. The monoisotopic (exact) mass is 492 g/mol. The molecule has 2 aromatic heterocycles. The van der Waals surface area contributed by atoms with E-state index >= 15 is 0 Å². The highest BCUT2D eigenvalue weighted by Gasteiger charge is 2.26. The minimum absolute atomic E-state index is 0.0730. The quantitative estimate of drug-likeness (QED) is 0.352. The van der Waals surface area contributed by atoms with Crippen LogP contribution in [0, 0.1) is 5.82 Å². The summed E-state index contributed by atoms with van der Waals surface area (Å²) in [7, 11) is -1.68. The molecule has 0 atom stereocenters. The first-order valence-corrected chi connectivity index (χ1v) is 11.7. The third kappa shape index (κ3) is 5.66. The zero-order valence-corrected chi connectivity index (χ0v) is 19.1. The maximum Gasteiger partial charge on any atom is 0.344 e. The molecule has 0 saturated carbocycles. The summed E-state index contributed by atoms with van der Waals surface area (Å²) in [5, 5.41) is 12.5. The second-order valence-corrected chi connectivity index (χ2v) is 9.39. The zero-order valence-electron chi connectivity index (χ0n) is 18.2. The molecule has 2 heterocycles. The average molecular weight is 492 g/mol. The first-order chi connectivity index (χ1) is 15.9. The first kappa shape index (κ1) is 25.0. The van der Waals surface area contributed by atoms with Crippen LogP contribution in [0.5, 0.6) is 5.75 Å². The molecule has 0 aliphatic rings. The van der Waals surface area contributed by atoms with Gasteiger partial charge in [0.25, 0.3) is 11.5 Å². The van der Waals surface area contributed by atoms with Gasteiger partial charge in [-0.2, -0.15) is 0 Å². The van der Waals surface area contributed by atoms with Gasteiger partial charge in [0.2, 0.25) is 5.91 Å². The number of halogens is 1.